The molecule has 0 radical (unpaired) electrons. The van der Waals surface area contributed by atoms with Crippen molar-refractivity contribution in [2.45, 2.75) is 57.7 Å². The third-order valence-electron chi connectivity index (χ3n) is 7.13. The number of aryl methyl sites for hydroxylation is 1. The first-order valence-electron chi connectivity index (χ1n) is 13.0. The molecule has 0 spiro atoms. The van der Waals surface area contributed by atoms with Crippen LogP contribution in [0.15, 0.2) is 36.4 Å². The molecule has 3 heterocycles. The molecule has 2 saturated heterocycles. The SMILES string of the molecule is Cc1cc(C2CCN(S(=O)(=O)OC(=O)C3CCOC(C)C3)CC2)ccc1-c1cccc(OC[C@@H](O)CO)n1. The molecule has 0 bridgehead atoms. The molecule has 0 saturated carbocycles. The molecule has 11 heteroatoms. The van der Waals surface area contributed by atoms with Crippen LogP contribution in [0.2, 0.25) is 0 Å². The third kappa shape index (κ3) is 7.09. The van der Waals surface area contributed by atoms with Crippen LogP contribution in [0.3, 0.4) is 0 Å². The molecule has 1 aromatic carbocycles. The Morgan fingerprint density at radius 1 is 1.21 bits per heavy atom. The van der Waals surface area contributed by atoms with Crippen LogP contribution in [0.1, 0.15) is 49.7 Å². The molecule has 2 N–H and O–H groups in total. The summed E-state index contributed by atoms with van der Waals surface area (Å²) in [6.07, 6.45) is 1.12. The van der Waals surface area contributed by atoms with Crippen molar-refractivity contribution in [2.75, 3.05) is 32.9 Å². The predicted octanol–water partition coefficient (Wildman–Crippen LogP) is 2.57. The van der Waals surface area contributed by atoms with E-state index in [0.717, 1.165) is 22.4 Å². The number of aliphatic hydroxyl groups excluding tert-OH is 2. The number of benzene rings is 1. The van der Waals surface area contributed by atoms with Gasteiger partial charge in [-0.2, -0.15) is 12.7 Å². The van der Waals surface area contributed by atoms with Crippen molar-refractivity contribution in [3.63, 3.8) is 0 Å². The van der Waals surface area contributed by atoms with Crippen LogP contribution in [-0.4, -0.2) is 79.0 Å². The number of aliphatic hydroxyl groups is 2. The lowest BCUT2D eigenvalue weighted by Crippen LogP contribution is -2.41. The fourth-order valence-electron chi connectivity index (χ4n) is 4.96. The molecule has 0 amide bonds. The maximum atomic E-state index is 12.8. The molecule has 2 aromatic rings. The molecular formula is C27H36N2O8S. The molecule has 4 rings (SSSR count). The van der Waals surface area contributed by atoms with E-state index >= 15 is 0 Å². The number of carbonyl (C=O) groups is 1. The molecule has 0 aliphatic carbocycles. The Kier molecular flexibility index (Phi) is 9.37. The van der Waals surface area contributed by atoms with Gasteiger partial charge in [0.15, 0.2) is 0 Å². The molecule has 2 unspecified atom stereocenters. The summed E-state index contributed by atoms with van der Waals surface area (Å²) in [7, 11) is -4.13. The Labute approximate surface area is 223 Å². The first-order chi connectivity index (χ1) is 18.2. The van der Waals surface area contributed by atoms with Crippen LogP contribution in [0.4, 0.5) is 0 Å². The molecule has 3 atom stereocenters. The largest absolute Gasteiger partial charge is 0.475 e. The summed E-state index contributed by atoms with van der Waals surface area (Å²) >= 11 is 0. The van der Waals surface area contributed by atoms with Gasteiger partial charge >= 0.3 is 16.3 Å². The summed E-state index contributed by atoms with van der Waals surface area (Å²) in [5.41, 5.74) is 3.81. The van der Waals surface area contributed by atoms with E-state index in [1.165, 1.54) is 4.31 Å². The first-order valence-corrected chi connectivity index (χ1v) is 14.4. The number of nitrogens with zero attached hydrogens (tertiary/aromatic N) is 2. The smallest absolute Gasteiger partial charge is 0.387 e. The number of rotatable bonds is 9. The van der Waals surface area contributed by atoms with Gasteiger partial charge in [-0.25, -0.2) is 4.98 Å². The lowest BCUT2D eigenvalue weighted by molar-refractivity contribution is -0.143. The first kappa shape index (κ1) is 28.4. The number of hydrogen-bond donors (Lipinski definition) is 2. The summed E-state index contributed by atoms with van der Waals surface area (Å²) in [5.74, 6) is -0.606. The lowest BCUT2D eigenvalue weighted by atomic mass is 9.88. The van der Waals surface area contributed by atoms with E-state index in [9.17, 15) is 18.3 Å². The van der Waals surface area contributed by atoms with Crippen molar-refractivity contribution in [3.05, 3.63) is 47.5 Å². The quantitative estimate of drug-likeness (QED) is 0.485. The average molecular weight is 549 g/mol. The van der Waals surface area contributed by atoms with E-state index in [1.54, 1.807) is 6.07 Å². The zero-order valence-electron chi connectivity index (χ0n) is 21.8. The second-order valence-electron chi connectivity index (χ2n) is 10.0. The van der Waals surface area contributed by atoms with Crippen LogP contribution in [0.25, 0.3) is 11.3 Å². The number of piperidine rings is 1. The van der Waals surface area contributed by atoms with Crippen LogP contribution < -0.4 is 4.74 Å². The van der Waals surface area contributed by atoms with Gasteiger partial charge in [-0.3, -0.25) is 4.79 Å². The van der Waals surface area contributed by atoms with E-state index in [1.807, 2.05) is 38.1 Å². The van der Waals surface area contributed by atoms with E-state index < -0.39 is 28.3 Å². The highest BCUT2D eigenvalue weighted by atomic mass is 32.2. The molecule has 38 heavy (non-hydrogen) atoms. The Morgan fingerprint density at radius 3 is 2.66 bits per heavy atom. The van der Waals surface area contributed by atoms with Crippen molar-refractivity contribution in [1.82, 2.24) is 9.29 Å². The summed E-state index contributed by atoms with van der Waals surface area (Å²) in [4.78, 5) is 17.0. The van der Waals surface area contributed by atoms with Crippen molar-refractivity contribution in [1.29, 1.82) is 0 Å². The van der Waals surface area contributed by atoms with Gasteiger partial charge in [0.25, 0.3) is 0 Å². The normalized spacial score (nSPS) is 22.1. The number of ether oxygens (including phenoxy) is 2. The minimum atomic E-state index is -4.13. The molecule has 10 nitrogen and oxygen atoms in total. The van der Waals surface area contributed by atoms with E-state index in [2.05, 4.69) is 11.1 Å². The summed E-state index contributed by atoms with van der Waals surface area (Å²) in [6.45, 7) is 4.42. The maximum absolute atomic E-state index is 12.8. The number of aromatic nitrogens is 1. The second kappa shape index (κ2) is 12.5. The van der Waals surface area contributed by atoms with E-state index in [4.69, 9.17) is 18.8 Å². The highest BCUT2D eigenvalue weighted by Gasteiger charge is 2.35. The maximum Gasteiger partial charge on any atom is 0.387 e. The molecule has 208 valence electrons. The Bertz CT molecular complexity index is 1210. The summed E-state index contributed by atoms with van der Waals surface area (Å²) < 4.78 is 42.7. The van der Waals surface area contributed by atoms with Crippen molar-refractivity contribution in [3.8, 4) is 17.1 Å². The van der Waals surface area contributed by atoms with Crippen molar-refractivity contribution in [2.24, 2.45) is 5.92 Å². The summed E-state index contributed by atoms with van der Waals surface area (Å²) in [6, 6.07) is 11.5. The van der Waals surface area contributed by atoms with E-state index in [-0.39, 0.29) is 38.3 Å². The second-order valence-corrected chi connectivity index (χ2v) is 11.6. The predicted molar refractivity (Wildman–Crippen MR) is 140 cm³/mol. The van der Waals surface area contributed by atoms with Crippen LogP contribution in [0, 0.1) is 12.8 Å². The standard InChI is InChI=1S/C27H36N2O8S/c1-18-14-21(6-7-24(18)25-4-3-5-26(28-25)36-17-23(31)16-30)20-8-11-29(12-9-20)38(33,34)37-27(32)22-10-13-35-19(2)15-22/h3-7,14,19-20,22-23,30-31H,8-13,15-17H2,1-2H3/t19?,22?,23-/m0/s1. The number of hydrogen-bond acceptors (Lipinski definition) is 9. The molecule has 2 aliphatic rings. The van der Waals surface area contributed by atoms with Gasteiger partial charge in [0.05, 0.1) is 24.3 Å². The van der Waals surface area contributed by atoms with Crippen LogP contribution in [0.5, 0.6) is 5.88 Å². The van der Waals surface area contributed by atoms with Gasteiger partial charge in [0.2, 0.25) is 5.88 Å². The van der Waals surface area contributed by atoms with Gasteiger partial charge in [-0.05, 0) is 62.6 Å². The topological polar surface area (TPSA) is 135 Å². The third-order valence-corrected chi connectivity index (χ3v) is 8.50. The Hall–Kier alpha value is -2.57. The van der Waals surface area contributed by atoms with Gasteiger partial charge in [-0.1, -0.05) is 24.3 Å². The summed E-state index contributed by atoms with van der Waals surface area (Å²) in [5, 5.41) is 18.5. The Morgan fingerprint density at radius 2 is 1.97 bits per heavy atom. The number of pyridine rings is 1. The minimum Gasteiger partial charge on any atom is -0.475 e. The average Bonchev–Trinajstić information content (AvgIpc) is 2.91. The monoisotopic (exact) mass is 548 g/mol. The van der Waals surface area contributed by atoms with Crippen molar-refractivity contribution >= 4 is 16.3 Å². The highest BCUT2D eigenvalue weighted by molar-refractivity contribution is 7.84. The zero-order chi connectivity index (χ0) is 27.3. The molecule has 1 aromatic heterocycles. The number of carbonyl (C=O) groups excluding carboxylic acids is 1. The fourth-order valence-corrected chi connectivity index (χ4v) is 6.06. The van der Waals surface area contributed by atoms with Crippen LogP contribution >= 0.6 is 0 Å². The molecule has 2 fully saturated rings. The van der Waals surface area contributed by atoms with Crippen molar-refractivity contribution < 1.29 is 37.1 Å². The van der Waals surface area contributed by atoms with E-state index in [0.29, 0.717) is 38.2 Å². The lowest BCUT2D eigenvalue weighted by Gasteiger charge is -2.31. The van der Waals surface area contributed by atoms with Gasteiger partial charge < -0.3 is 23.9 Å². The van der Waals surface area contributed by atoms with Crippen LogP contribution in [-0.2, 0) is 24.0 Å². The minimum absolute atomic E-state index is 0.0484. The van der Waals surface area contributed by atoms with Gasteiger partial charge in [0.1, 0.15) is 12.7 Å². The van der Waals surface area contributed by atoms with Gasteiger partial charge in [0, 0.05) is 31.3 Å². The fraction of sp³-hybridized carbons (Fsp3) is 0.556. The Balaban J connectivity index is 1.35. The molecular weight excluding hydrogens is 512 g/mol. The van der Waals surface area contributed by atoms with Gasteiger partial charge in [-0.15, -0.1) is 0 Å². The molecule has 2 aliphatic heterocycles. The zero-order valence-corrected chi connectivity index (χ0v) is 22.6. The highest BCUT2D eigenvalue weighted by Crippen LogP contribution is 2.33.